The van der Waals surface area contributed by atoms with E-state index in [4.69, 9.17) is 14.5 Å². The minimum atomic E-state index is -0.779. The Hall–Kier alpha value is -0.770. The van der Waals surface area contributed by atoms with E-state index >= 15 is 0 Å². The zero-order chi connectivity index (χ0) is 15.3. The van der Waals surface area contributed by atoms with Crippen LogP contribution in [0.3, 0.4) is 0 Å². The summed E-state index contributed by atoms with van der Waals surface area (Å²) >= 11 is 0. The first-order valence-corrected chi connectivity index (χ1v) is 7.02. The Morgan fingerprint density at radius 2 is 1.42 bits per heavy atom. The monoisotopic (exact) mass is 274 g/mol. The van der Waals surface area contributed by atoms with Gasteiger partial charge in [0, 0.05) is 0 Å². The van der Waals surface area contributed by atoms with E-state index in [1.807, 2.05) is 34.6 Å². The lowest BCUT2D eigenvalue weighted by Crippen LogP contribution is -2.35. The molecule has 114 valence electrons. The maximum absolute atomic E-state index is 11.6. The number of hydrogen-bond donors (Lipinski definition) is 0. The molecule has 0 aromatic carbocycles. The third kappa shape index (κ3) is 8.09. The van der Waals surface area contributed by atoms with Gasteiger partial charge in [-0.2, -0.15) is 4.89 Å². The van der Waals surface area contributed by atoms with Gasteiger partial charge in [0.15, 0.2) is 0 Å². The van der Waals surface area contributed by atoms with Crippen LogP contribution in [0, 0.1) is 5.41 Å². The molecule has 0 unspecified atom stereocenters. The van der Waals surface area contributed by atoms with Crippen molar-refractivity contribution < 1.29 is 19.3 Å². The predicted octanol–water partition coefficient (Wildman–Crippen LogP) is 4.86. The molecule has 0 aliphatic rings. The second-order valence-electron chi connectivity index (χ2n) is 7.09. The molecular weight excluding hydrogens is 244 g/mol. The van der Waals surface area contributed by atoms with E-state index in [1.165, 1.54) is 0 Å². The van der Waals surface area contributed by atoms with Crippen molar-refractivity contribution >= 4 is 6.16 Å². The van der Waals surface area contributed by atoms with Crippen molar-refractivity contribution in [3.8, 4) is 0 Å². The van der Waals surface area contributed by atoms with Gasteiger partial charge in [0.2, 0.25) is 0 Å². The van der Waals surface area contributed by atoms with Gasteiger partial charge in [0.25, 0.3) is 0 Å². The Kier molecular flexibility index (Phi) is 6.33. The van der Waals surface area contributed by atoms with Crippen molar-refractivity contribution in [2.75, 3.05) is 0 Å². The molecular formula is C15H30O4. The lowest BCUT2D eigenvalue weighted by atomic mass is 9.80. The van der Waals surface area contributed by atoms with Gasteiger partial charge in [-0.25, -0.2) is 4.79 Å². The molecule has 4 nitrogen and oxygen atoms in total. The van der Waals surface area contributed by atoms with E-state index < -0.39 is 17.4 Å². The van der Waals surface area contributed by atoms with Gasteiger partial charge in [-0.05, 0) is 46.0 Å². The molecule has 4 heteroatoms. The molecule has 0 aliphatic heterocycles. The summed E-state index contributed by atoms with van der Waals surface area (Å²) < 4.78 is 5.33. The lowest BCUT2D eigenvalue weighted by molar-refractivity contribution is -0.322. The quantitative estimate of drug-likeness (QED) is 0.377. The summed E-state index contributed by atoms with van der Waals surface area (Å²) in [5.41, 5.74) is -0.949. The third-order valence-corrected chi connectivity index (χ3v) is 3.41. The number of ether oxygens (including phenoxy) is 1. The molecule has 0 N–H and O–H groups in total. The van der Waals surface area contributed by atoms with Crippen LogP contribution >= 0.6 is 0 Å². The van der Waals surface area contributed by atoms with Gasteiger partial charge >= 0.3 is 6.16 Å². The van der Waals surface area contributed by atoms with Crippen LogP contribution in [0.2, 0.25) is 0 Å². The molecule has 0 aliphatic carbocycles. The highest BCUT2D eigenvalue weighted by molar-refractivity contribution is 5.59. The number of carbonyl (C=O) groups is 1. The van der Waals surface area contributed by atoms with Crippen molar-refractivity contribution in [3.63, 3.8) is 0 Å². The lowest BCUT2D eigenvalue weighted by Gasteiger charge is -2.33. The van der Waals surface area contributed by atoms with Gasteiger partial charge in [0.1, 0.15) is 11.2 Å². The number of hydrogen-bond acceptors (Lipinski definition) is 4. The second kappa shape index (κ2) is 6.60. The van der Waals surface area contributed by atoms with Gasteiger partial charge in [-0.15, -0.1) is 0 Å². The van der Waals surface area contributed by atoms with Gasteiger partial charge < -0.3 is 4.74 Å². The zero-order valence-electron chi connectivity index (χ0n) is 13.8. The number of carbonyl (C=O) groups excluding carboxylic acids is 1. The number of rotatable bonds is 7. The average molecular weight is 274 g/mol. The minimum Gasteiger partial charge on any atom is -0.426 e. The van der Waals surface area contributed by atoms with Crippen LogP contribution in [-0.4, -0.2) is 17.4 Å². The first kappa shape index (κ1) is 18.2. The van der Waals surface area contributed by atoms with Crippen LogP contribution in [0.25, 0.3) is 0 Å². The van der Waals surface area contributed by atoms with E-state index in [-0.39, 0.29) is 5.41 Å². The average Bonchev–Trinajstić information content (AvgIpc) is 2.24. The first-order chi connectivity index (χ1) is 8.43. The molecule has 0 aromatic rings. The summed E-state index contributed by atoms with van der Waals surface area (Å²) in [6.07, 6.45) is 1.75. The molecule has 0 amide bonds. The Morgan fingerprint density at radius 3 is 1.84 bits per heavy atom. The highest BCUT2D eigenvalue weighted by Crippen LogP contribution is 2.33. The highest BCUT2D eigenvalue weighted by atomic mass is 17.2. The van der Waals surface area contributed by atoms with Crippen LogP contribution in [0.4, 0.5) is 4.79 Å². The maximum atomic E-state index is 11.6. The molecule has 0 aromatic heterocycles. The van der Waals surface area contributed by atoms with Crippen LogP contribution < -0.4 is 0 Å². The zero-order valence-corrected chi connectivity index (χ0v) is 13.8. The summed E-state index contributed by atoms with van der Waals surface area (Å²) in [5.74, 6) is 0. The van der Waals surface area contributed by atoms with Crippen LogP contribution in [0.1, 0.15) is 74.7 Å². The third-order valence-electron chi connectivity index (χ3n) is 3.41. The van der Waals surface area contributed by atoms with Crippen LogP contribution in [0.5, 0.6) is 0 Å². The van der Waals surface area contributed by atoms with Crippen molar-refractivity contribution in [3.05, 3.63) is 0 Å². The normalized spacial score (nSPS) is 13.3. The molecule has 0 spiro atoms. The summed E-state index contributed by atoms with van der Waals surface area (Å²) in [6, 6.07) is 0. The van der Waals surface area contributed by atoms with E-state index in [2.05, 4.69) is 20.8 Å². The van der Waals surface area contributed by atoms with Gasteiger partial charge in [0.05, 0.1) is 0 Å². The van der Waals surface area contributed by atoms with Crippen molar-refractivity contribution in [1.29, 1.82) is 0 Å². The van der Waals surface area contributed by atoms with Gasteiger partial charge in [-0.1, -0.05) is 34.1 Å². The molecule has 0 saturated heterocycles. The van der Waals surface area contributed by atoms with E-state index in [9.17, 15) is 4.79 Å². The van der Waals surface area contributed by atoms with Crippen molar-refractivity contribution in [1.82, 2.24) is 0 Å². The summed E-state index contributed by atoms with van der Waals surface area (Å²) in [4.78, 5) is 21.4. The first-order valence-electron chi connectivity index (χ1n) is 7.02. The molecule has 0 rings (SSSR count). The molecule has 0 radical (unpaired) electrons. The Bertz CT molecular complexity index is 293. The summed E-state index contributed by atoms with van der Waals surface area (Å²) in [5, 5.41) is 0. The van der Waals surface area contributed by atoms with Crippen molar-refractivity contribution in [2.24, 2.45) is 5.41 Å². The molecule has 0 bridgehead atoms. The van der Waals surface area contributed by atoms with Crippen molar-refractivity contribution in [2.45, 2.75) is 85.9 Å². The molecule has 0 saturated carbocycles. The largest absolute Gasteiger partial charge is 0.541 e. The van der Waals surface area contributed by atoms with Gasteiger partial charge in [-0.3, -0.25) is 4.89 Å². The van der Waals surface area contributed by atoms with Crippen LogP contribution in [-0.2, 0) is 14.5 Å². The Balaban J connectivity index is 4.32. The standard InChI is InChI=1S/C15H30O4/c1-9-13(3,4)11-15(7,8)17-12(16)18-19-14(5,6)10-2/h9-11H2,1-8H3. The Morgan fingerprint density at radius 1 is 0.895 bits per heavy atom. The van der Waals surface area contributed by atoms with E-state index in [0.717, 1.165) is 19.3 Å². The molecule has 0 atom stereocenters. The minimum absolute atomic E-state index is 0.118. The summed E-state index contributed by atoms with van der Waals surface area (Å²) in [7, 11) is 0. The molecule has 19 heavy (non-hydrogen) atoms. The fraction of sp³-hybridized carbons (Fsp3) is 0.933. The fourth-order valence-electron chi connectivity index (χ4n) is 1.76. The SMILES string of the molecule is CCC(C)(C)CC(C)(C)OC(=O)OOC(C)(C)CC. The topological polar surface area (TPSA) is 44.8 Å². The predicted molar refractivity (Wildman–Crippen MR) is 75.8 cm³/mol. The molecule has 0 fully saturated rings. The fourth-order valence-corrected chi connectivity index (χ4v) is 1.76. The Labute approximate surface area is 117 Å². The van der Waals surface area contributed by atoms with E-state index in [1.54, 1.807) is 0 Å². The highest BCUT2D eigenvalue weighted by Gasteiger charge is 2.32. The van der Waals surface area contributed by atoms with Crippen LogP contribution in [0.15, 0.2) is 0 Å². The second-order valence-corrected chi connectivity index (χ2v) is 7.09. The smallest absolute Gasteiger partial charge is 0.426 e. The maximum Gasteiger partial charge on any atom is 0.541 e. The van der Waals surface area contributed by atoms with E-state index in [0.29, 0.717) is 0 Å². The summed E-state index contributed by atoms with van der Waals surface area (Å²) in [6.45, 7) is 15.9. The molecule has 0 heterocycles.